The molecule has 1 aromatic rings. The number of halogens is 3. The highest BCUT2D eigenvalue weighted by Gasteiger charge is 2.15. The molecule has 2 rings (SSSR count). The van der Waals surface area contributed by atoms with E-state index in [2.05, 4.69) is 15.9 Å². The van der Waals surface area contributed by atoms with Crippen LogP contribution in [0.5, 0.6) is 0 Å². The maximum Gasteiger partial charge on any atom is 0.0774 e. The third-order valence-corrected chi connectivity index (χ3v) is 3.96. The monoisotopic (exact) mass is 343 g/mol. The van der Waals surface area contributed by atoms with E-state index < -0.39 is 0 Å². The second kappa shape index (κ2) is 6.05. The molecule has 1 nitrogen and oxygen atoms in total. The summed E-state index contributed by atoms with van der Waals surface area (Å²) < 4.78 is 0.751. The Kier molecular flexibility index (Phi) is 4.66. The first-order valence-electron chi connectivity index (χ1n) is 5.61. The third kappa shape index (κ3) is 3.25. The van der Waals surface area contributed by atoms with Crippen LogP contribution in [0.15, 0.2) is 40.4 Å². The number of alkyl halides is 1. The molecule has 0 saturated heterocycles. The van der Waals surface area contributed by atoms with Gasteiger partial charge in [-0.25, -0.2) is 0 Å². The fourth-order valence-corrected chi connectivity index (χ4v) is 2.90. The van der Waals surface area contributed by atoms with Gasteiger partial charge in [-0.05, 0) is 63.7 Å². The van der Waals surface area contributed by atoms with Crippen LogP contribution in [0.2, 0.25) is 5.02 Å². The number of hydrogen-bond donors (Lipinski definition) is 1. The van der Waals surface area contributed by atoms with Crippen molar-refractivity contribution in [1.82, 2.24) is 0 Å². The van der Waals surface area contributed by atoms with E-state index in [-0.39, 0.29) is 5.38 Å². The summed E-state index contributed by atoms with van der Waals surface area (Å²) in [5.74, 6) is 0. The largest absolute Gasteiger partial charge is 0.308 e. The Hall–Kier alpha value is -0.570. The molecule has 1 aliphatic rings. The van der Waals surface area contributed by atoms with E-state index in [0.717, 1.165) is 33.5 Å². The normalized spacial score (nSPS) is 19.8. The molecular formula is C14H12BrCl2N. The van der Waals surface area contributed by atoms with Crippen LogP contribution < -0.4 is 0 Å². The Morgan fingerprint density at radius 1 is 1.39 bits per heavy atom. The van der Waals surface area contributed by atoms with Gasteiger partial charge in [0.15, 0.2) is 0 Å². The lowest BCUT2D eigenvalue weighted by atomic mass is 10.0. The molecule has 0 radical (unpaired) electrons. The summed E-state index contributed by atoms with van der Waals surface area (Å²) >= 11 is 15.7. The Bertz CT molecular complexity index is 535. The highest BCUT2D eigenvalue weighted by molar-refractivity contribution is 9.12. The second-order valence-electron chi connectivity index (χ2n) is 4.16. The summed E-state index contributed by atoms with van der Waals surface area (Å²) in [6.07, 6.45) is 7.07. The Balaban J connectivity index is 2.34. The van der Waals surface area contributed by atoms with Crippen molar-refractivity contribution in [1.29, 1.82) is 5.41 Å². The number of fused-ring (bicyclic) bond motifs is 1. The number of hydrogen-bond acceptors (Lipinski definition) is 1. The van der Waals surface area contributed by atoms with Gasteiger partial charge in [0.2, 0.25) is 0 Å². The van der Waals surface area contributed by atoms with Crippen LogP contribution in [0.1, 0.15) is 22.9 Å². The number of rotatable bonds is 2. The molecule has 1 aromatic carbocycles. The Morgan fingerprint density at radius 3 is 2.89 bits per heavy atom. The van der Waals surface area contributed by atoms with Gasteiger partial charge in [-0.2, -0.15) is 0 Å². The molecule has 0 amide bonds. The molecule has 1 unspecified atom stereocenters. The lowest BCUT2D eigenvalue weighted by Gasteiger charge is -2.09. The molecule has 94 valence electrons. The summed E-state index contributed by atoms with van der Waals surface area (Å²) in [5.41, 5.74) is 3.46. The summed E-state index contributed by atoms with van der Waals surface area (Å²) in [6, 6.07) is 5.85. The van der Waals surface area contributed by atoms with E-state index in [4.69, 9.17) is 28.6 Å². The second-order valence-corrected chi connectivity index (χ2v) is 5.98. The third-order valence-electron chi connectivity index (χ3n) is 2.91. The zero-order chi connectivity index (χ0) is 13.1. The minimum atomic E-state index is -0.142. The first kappa shape index (κ1) is 13.9. The number of benzene rings is 1. The first-order chi connectivity index (χ1) is 8.60. The van der Waals surface area contributed by atoms with E-state index in [9.17, 15) is 0 Å². The molecule has 0 aliphatic heterocycles. The smallest absolute Gasteiger partial charge is 0.0774 e. The molecule has 0 heterocycles. The van der Waals surface area contributed by atoms with Gasteiger partial charge in [0, 0.05) is 15.7 Å². The molecular weight excluding hydrogens is 333 g/mol. The van der Waals surface area contributed by atoms with Crippen molar-refractivity contribution in [2.75, 3.05) is 0 Å². The minimum absolute atomic E-state index is 0.142. The summed E-state index contributed by atoms with van der Waals surface area (Å²) in [4.78, 5) is 0. The molecule has 0 spiro atoms. The summed E-state index contributed by atoms with van der Waals surface area (Å²) in [6.45, 7) is 0. The van der Waals surface area contributed by atoms with Crippen molar-refractivity contribution in [2.45, 2.75) is 18.2 Å². The predicted molar refractivity (Wildman–Crippen MR) is 82.2 cm³/mol. The quantitative estimate of drug-likeness (QED) is 0.547. The molecule has 0 saturated carbocycles. The van der Waals surface area contributed by atoms with Gasteiger partial charge >= 0.3 is 0 Å². The average Bonchev–Trinajstić information content (AvgIpc) is 2.49. The van der Waals surface area contributed by atoms with Gasteiger partial charge in [-0.3, -0.25) is 0 Å². The van der Waals surface area contributed by atoms with Crippen LogP contribution in [0, 0.1) is 5.41 Å². The van der Waals surface area contributed by atoms with Crippen molar-refractivity contribution in [3.63, 3.8) is 0 Å². The van der Waals surface area contributed by atoms with E-state index in [1.807, 2.05) is 30.4 Å². The van der Waals surface area contributed by atoms with Gasteiger partial charge in [-0.1, -0.05) is 23.7 Å². The van der Waals surface area contributed by atoms with Crippen molar-refractivity contribution in [2.24, 2.45) is 0 Å². The maximum atomic E-state index is 7.17. The molecule has 0 aromatic heterocycles. The van der Waals surface area contributed by atoms with E-state index in [1.165, 1.54) is 11.8 Å². The van der Waals surface area contributed by atoms with Gasteiger partial charge in [0.1, 0.15) is 0 Å². The minimum Gasteiger partial charge on any atom is -0.308 e. The maximum absolute atomic E-state index is 7.17. The lowest BCUT2D eigenvalue weighted by Crippen LogP contribution is -1.92. The molecule has 18 heavy (non-hydrogen) atoms. The number of allylic oxidation sites excluding steroid dienone is 4. The zero-order valence-corrected chi connectivity index (χ0v) is 12.7. The molecule has 0 bridgehead atoms. The standard InChI is InChI=1S/C14H12BrCl2N/c15-11(8-18)5-9-1-2-10-7-12(16)3-4-13(10)14(17)6-9/h3-8,14,18H,1-2H2/b11-5+,18-8?. The fraction of sp³-hybridized carbons (Fsp3) is 0.214. The van der Waals surface area contributed by atoms with Crippen LogP contribution >= 0.6 is 39.1 Å². The highest BCUT2D eigenvalue weighted by atomic mass is 79.9. The van der Waals surface area contributed by atoms with Crippen molar-refractivity contribution >= 4 is 45.3 Å². The van der Waals surface area contributed by atoms with E-state index in [1.54, 1.807) is 0 Å². The zero-order valence-electron chi connectivity index (χ0n) is 9.59. The fourth-order valence-electron chi connectivity index (χ4n) is 2.04. The van der Waals surface area contributed by atoms with Crippen LogP contribution in [-0.2, 0) is 6.42 Å². The molecule has 1 N–H and O–H groups in total. The first-order valence-corrected chi connectivity index (χ1v) is 7.21. The highest BCUT2D eigenvalue weighted by Crippen LogP contribution is 2.34. The van der Waals surface area contributed by atoms with Crippen LogP contribution in [0.3, 0.4) is 0 Å². The Labute approximate surface area is 125 Å². The van der Waals surface area contributed by atoms with Crippen LogP contribution in [0.25, 0.3) is 0 Å². The van der Waals surface area contributed by atoms with Gasteiger partial charge in [-0.15, -0.1) is 11.6 Å². The van der Waals surface area contributed by atoms with Crippen molar-refractivity contribution in [3.05, 3.63) is 56.6 Å². The van der Waals surface area contributed by atoms with Gasteiger partial charge in [0.05, 0.1) is 5.38 Å². The summed E-state index contributed by atoms with van der Waals surface area (Å²) in [7, 11) is 0. The van der Waals surface area contributed by atoms with Crippen molar-refractivity contribution in [3.8, 4) is 0 Å². The average molecular weight is 345 g/mol. The lowest BCUT2D eigenvalue weighted by molar-refractivity contribution is 0.969. The SMILES string of the molecule is N=C/C(Br)=C\C1=CC(Cl)c2ccc(Cl)cc2CC1. The molecule has 4 heteroatoms. The number of nitrogens with one attached hydrogen (secondary N) is 1. The van der Waals surface area contributed by atoms with Gasteiger partial charge in [0.25, 0.3) is 0 Å². The van der Waals surface area contributed by atoms with Gasteiger partial charge < -0.3 is 5.41 Å². The molecule has 0 fully saturated rings. The van der Waals surface area contributed by atoms with Crippen molar-refractivity contribution < 1.29 is 0 Å². The molecule has 1 atom stereocenters. The van der Waals surface area contributed by atoms with E-state index >= 15 is 0 Å². The Morgan fingerprint density at radius 2 is 2.17 bits per heavy atom. The van der Waals surface area contributed by atoms with Crippen LogP contribution in [-0.4, -0.2) is 6.21 Å². The van der Waals surface area contributed by atoms with Crippen LogP contribution in [0.4, 0.5) is 0 Å². The topological polar surface area (TPSA) is 23.9 Å². The molecule has 1 aliphatic carbocycles. The summed E-state index contributed by atoms with van der Waals surface area (Å²) in [5, 5.41) is 7.78. The van der Waals surface area contributed by atoms with E-state index in [0.29, 0.717) is 0 Å². The number of aryl methyl sites for hydroxylation is 1. The predicted octanol–water partition coefficient (Wildman–Crippen LogP) is 5.42.